The Morgan fingerprint density at radius 2 is 1.63 bits per heavy atom. The van der Waals surface area contributed by atoms with Crippen molar-refractivity contribution in [1.82, 2.24) is 0 Å². The number of ether oxygens (including phenoxy) is 4. The van der Waals surface area contributed by atoms with E-state index >= 15 is 0 Å². The van der Waals surface area contributed by atoms with Crippen LogP contribution in [0, 0.1) is 3.57 Å². The van der Waals surface area contributed by atoms with Crippen LogP contribution in [0.2, 0.25) is 0 Å². The summed E-state index contributed by atoms with van der Waals surface area (Å²) in [4.78, 5) is 0. The molecule has 0 amide bonds. The van der Waals surface area contributed by atoms with Gasteiger partial charge in [-0.3, -0.25) is 0 Å². The van der Waals surface area contributed by atoms with Crippen LogP contribution in [-0.2, 0) is 14.2 Å². The van der Waals surface area contributed by atoms with E-state index in [1.807, 2.05) is 18.2 Å². The quantitative estimate of drug-likeness (QED) is 0.381. The lowest BCUT2D eigenvalue weighted by Crippen LogP contribution is -2.12. The number of halogens is 1. The molecule has 1 aromatic carbocycles. The molecule has 0 saturated carbocycles. The maximum Gasteiger partial charge on any atom is 0.121 e. The number of hydrogen-bond donors (Lipinski definition) is 1. The van der Waals surface area contributed by atoms with E-state index in [4.69, 9.17) is 24.7 Å². The van der Waals surface area contributed by atoms with Crippen LogP contribution in [0.4, 0.5) is 5.69 Å². The van der Waals surface area contributed by atoms with E-state index in [1.54, 1.807) is 7.11 Å². The van der Waals surface area contributed by atoms with Gasteiger partial charge in [-0.1, -0.05) is 0 Å². The second-order valence-electron chi connectivity index (χ2n) is 3.75. The minimum Gasteiger partial charge on any atom is -0.491 e. The molecule has 0 unspecified atom stereocenters. The van der Waals surface area contributed by atoms with E-state index in [2.05, 4.69) is 22.6 Å². The lowest BCUT2D eigenvalue weighted by Gasteiger charge is -2.08. The summed E-state index contributed by atoms with van der Waals surface area (Å²) in [5.41, 5.74) is 6.51. The summed E-state index contributed by atoms with van der Waals surface area (Å²) in [6.45, 7) is 3.36. The highest BCUT2D eigenvalue weighted by Gasteiger charge is 1.98. The van der Waals surface area contributed by atoms with Gasteiger partial charge in [-0.25, -0.2) is 0 Å². The number of anilines is 1. The highest BCUT2D eigenvalue weighted by Crippen LogP contribution is 2.20. The average Bonchev–Trinajstić information content (AvgIpc) is 2.41. The summed E-state index contributed by atoms with van der Waals surface area (Å²) < 4.78 is 22.0. The third-order valence-electron chi connectivity index (χ3n) is 2.27. The standard InChI is InChI=1S/C13H20INO4/c1-16-4-5-17-6-7-18-8-9-19-11-2-3-12(14)13(15)10-11/h2-3,10H,4-9,15H2,1H3. The minimum atomic E-state index is 0.498. The first-order chi connectivity index (χ1) is 9.24. The number of hydrogen-bond acceptors (Lipinski definition) is 5. The molecule has 0 aliphatic rings. The Balaban J connectivity index is 2.00. The van der Waals surface area contributed by atoms with Crippen molar-refractivity contribution in [3.8, 4) is 5.75 Å². The van der Waals surface area contributed by atoms with Crippen molar-refractivity contribution in [2.75, 3.05) is 52.5 Å². The van der Waals surface area contributed by atoms with Gasteiger partial charge in [-0.15, -0.1) is 0 Å². The predicted molar refractivity (Wildman–Crippen MR) is 82.6 cm³/mol. The molecule has 0 heterocycles. The Hall–Kier alpha value is -0.570. The second kappa shape index (κ2) is 10.2. The summed E-state index contributed by atoms with van der Waals surface area (Å²) in [7, 11) is 1.65. The summed E-state index contributed by atoms with van der Waals surface area (Å²) in [5, 5.41) is 0. The molecule has 0 aliphatic heterocycles. The fourth-order valence-electron chi connectivity index (χ4n) is 1.29. The topological polar surface area (TPSA) is 62.9 Å². The Morgan fingerprint density at radius 1 is 1.00 bits per heavy atom. The fraction of sp³-hybridized carbons (Fsp3) is 0.538. The first-order valence-corrected chi connectivity index (χ1v) is 7.14. The number of nitrogen functional groups attached to an aromatic ring is 1. The van der Waals surface area contributed by atoms with Crippen LogP contribution in [0.5, 0.6) is 5.75 Å². The second-order valence-corrected chi connectivity index (χ2v) is 4.91. The van der Waals surface area contributed by atoms with Crippen LogP contribution < -0.4 is 10.5 Å². The molecule has 1 aromatic rings. The van der Waals surface area contributed by atoms with Crippen LogP contribution in [0.3, 0.4) is 0 Å². The van der Waals surface area contributed by atoms with E-state index in [0.29, 0.717) is 39.6 Å². The summed E-state index contributed by atoms with van der Waals surface area (Å²) >= 11 is 2.18. The Kier molecular flexibility index (Phi) is 8.89. The normalized spacial score (nSPS) is 10.6. The molecular formula is C13H20INO4. The van der Waals surface area contributed by atoms with Crippen molar-refractivity contribution in [1.29, 1.82) is 0 Å². The molecule has 19 heavy (non-hydrogen) atoms. The molecule has 0 atom stereocenters. The molecular weight excluding hydrogens is 361 g/mol. The molecule has 0 radical (unpaired) electrons. The maximum atomic E-state index is 5.79. The zero-order valence-corrected chi connectivity index (χ0v) is 13.2. The van der Waals surface area contributed by atoms with Gasteiger partial charge >= 0.3 is 0 Å². The average molecular weight is 381 g/mol. The zero-order chi connectivity index (χ0) is 13.9. The summed E-state index contributed by atoms with van der Waals surface area (Å²) in [5.74, 6) is 0.762. The van der Waals surface area contributed by atoms with Crippen molar-refractivity contribution in [3.63, 3.8) is 0 Å². The van der Waals surface area contributed by atoms with Crippen molar-refractivity contribution in [3.05, 3.63) is 21.8 Å². The van der Waals surface area contributed by atoms with E-state index in [-0.39, 0.29) is 0 Å². The zero-order valence-electron chi connectivity index (χ0n) is 11.1. The van der Waals surface area contributed by atoms with E-state index in [0.717, 1.165) is 15.0 Å². The highest BCUT2D eigenvalue weighted by molar-refractivity contribution is 14.1. The third-order valence-corrected chi connectivity index (χ3v) is 3.25. The fourth-order valence-corrected chi connectivity index (χ4v) is 1.63. The third kappa shape index (κ3) is 7.56. The molecule has 0 saturated heterocycles. The van der Waals surface area contributed by atoms with Crippen LogP contribution in [0.1, 0.15) is 0 Å². The molecule has 6 heteroatoms. The smallest absolute Gasteiger partial charge is 0.121 e. The predicted octanol–water partition coefficient (Wildman–Crippen LogP) is 1.93. The van der Waals surface area contributed by atoms with Gasteiger partial charge in [0.1, 0.15) is 12.4 Å². The van der Waals surface area contributed by atoms with Crippen LogP contribution >= 0.6 is 22.6 Å². The van der Waals surface area contributed by atoms with Crippen molar-refractivity contribution in [2.45, 2.75) is 0 Å². The first kappa shape index (κ1) is 16.5. The minimum absolute atomic E-state index is 0.498. The number of rotatable bonds is 10. The van der Waals surface area contributed by atoms with Gasteiger partial charge in [0.15, 0.2) is 0 Å². The Morgan fingerprint density at radius 3 is 2.26 bits per heavy atom. The van der Waals surface area contributed by atoms with Crippen LogP contribution in [0.15, 0.2) is 18.2 Å². The molecule has 0 fully saturated rings. The van der Waals surface area contributed by atoms with E-state index < -0.39 is 0 Å². The Labute approximate surface area is 127 Å². The maximum absolute atomic E-state index is 5.79. The molecule has 5 nitrogen and oxygen atoms in total. The van der Waals surface area contributed by atoms with Crippen LogP contribution in [-0.4, -0.2) is 46.8 Å². The van der Waals surface area contributed by atoms with Crippen LogP contribution in [0.25, 0.3) is 0 Å². The van der Waals surface area contributed by atoms with Crippen molar-refractivity contribution in [2.24, 2.45) is 0 Å². The van der Waals surface area contributed by atoms with Gasteiger partial charge in [-0.2, -0.15) is 0 Å². The van der Waals surface area contributed by atoms with Gasteiger partial charge in [0.2, 0.25) is 0 Å². The lowest BCUT2D eigenvalue weighted by molar-refractivity contribution is 0.0180. The molecule has 0 aliphatic carbocycles. The van der Waals surface area contributed by atoms with Gasteiger partial charge in [0.05, 0.1) is 33.0 Å². The van der Waals surface area contributed by atoms with Gasteiger partial charge < -0.3 is 24.7 Å². The molecule has 108 valence electrons. The summed E-state index contributed by atoms with van der Waals surface area (Å²) in [6.07, 6.45) is 0. The number of nitrogens with two attached hydrogens (primary N) is 1. The molecule has 0 spiro atoms. The van der Waals surface area contributed by atoms with E-state index in [9.17, 15) is 0 Å². The molecule has 2 N–H and O–H groups in total. The number of methoxy groups -OCH3 is 1. The highest BCUT2D eigenvalue weighted by atomic mass is 127. The number of benzene rings is 1. The van der Waals surface area contributed by atoms with Gasteiger partial charge in [0, 0.05) is 22.4 Å². The van der Waals surface area contributed by atoms with Gasteiger partial charge in [-0.05, 0) is 34.7 Å². The first-order valence-electron chi connectivity index (χ1n) is 6.06. The monoisotopic (exact) mass is 381 g/mol. The molecule has 0 aromatic heterocycles. The van der Waals surface area contributed by atoms with Crippen molar-refractivity contribution >= 4 is 28.3 Å². The lowest BCUT2D eigenvalue weighted by atomic mass is 10.3. The molecule has 0 bridgehead atoms. The SMILES string of the molecule is COCCOCCOCCOc1ccc(I)c(N)c1. The van der Waals surface area contributed by atoms with Gasteiger partial charge in [0.25, 0.3) is 0 Å². The van der Waals surface area contributed by atoms with E-state index in [1.165, 1.54) is 0 Å². The molecule has 1 rings (SSSR count). The summed E-state index contributed by atoms with van der Waals surface area (Å²) in [6, 6.07) is 5.64. The Bertz CT molecular complexity index is 362. The largest absolute Gasteiger partial charge is 0.491 e. The van der Waals surface area contributed by atoms with Crippen molar-refractivity contribution < 1.29 is 18.9 Å².